The first-order valence-corrected chi connectivity index (χ1v) is 6.37. The van der Waals surface area contributed by atoms with Gasteiger partial charge in [-0.25, -0.2) is 0 Å². The Morgan fingerprint density at radius 1 is 1.35 bits per heavy atom. The summed E-state index contributed by atoms with van der Waals surface area (Å²) >= 11 is 0. The minimum Gasteiger partial charge on any atom is -0.378 e. The summed E-state index contributed by atoms with van der Waals surface area (Å²) in [5, 5.41) is 6.16. The Morgan fingerprint density at radius 2 is 2.18 bits per heavy atom. The van der Waals surface area contributed by atoms with Crippen molar-refractivity contribution in [2.24, 2.45) is 5.92 Å². The normalized spacial score (nSPS) is 31.5. The average Bonchev–Trinajstić information content (AvgIpc) is 2.75. The second kappa shape index (κ2) is 7.19. The fourth-order valence-corrected chi connectivity index (χ4v) is 2.87. The first-order chi connectivity index (χ1) is 7.81. The van der Waals surface area contributed by atoms with Gasteiger partial charge in [-0.15, -0.1) is 12.4 Å². The van der Waals surface area contributed by atoms with E-state index < -0.39 is 0 Å². The third kappa shape index (κ3) is 3.83. The van der Waals surface area contributed by atoms with Crippen LogP contribution >= 0.6 is 12.4 Å². The number of hydrogen-bond donors (Lipinski definition) is 2. The lowest BCUT2D eigenvalue weighted by molar-refractivity contribution is -0.122. The third-order valence-electron chi connectivity index (χ3n) is 3.73. The van der Waals surface area contributed by atoms with Gasteiger partial charge in [0.05, 0.1) is 6.10 Å². The molecule has 2 fully saturated rings. The maximum absolute atomic E-state index is 11.7. The van der Waals surface area contributed by atoms with Crippen molar-refractivity contribution < 1.29 is 9.53 Å². The highest BCUT2D eigenvalue weighted by atomic mass is 35.5. The van der Waals surface area contributed by atoms with Crippen molar-refractivity contribution in [3.63, 3.8) is 0 Å². The fraction of sp³-hybridized carbons (Fsp3) is 0.917. The molecule has 3 unspecified atom stereocenters. The van der Waals surface area contributed by atoms with Gasteiger partial charge in [0.25, 0.3) is 0 Å². The summed E-state index contributed by atoms with van der Waals surface area (Å²) in [4.78, 5) is 11.7. The first kappa shape index (κ1) is 14.7. The van der Waals surface area contributed by atoms with Gasteiger partial charge in [0.15, 0.2) is 0 Å². The summed E-state index contributed by atoms with van der Waals surface area (Å²) in [5.41, 5.74) is 0. The smallest absolute Gasteiger partial charge is 0.221 e. The Kier molecular flexibility index (Phi) is 6.23. The molecule has 1 aliphatic heterocycles. The molecule has 0 spiro atoms. The van der Waals surface area contributed by atoms with Gasteiger partial charge in [-0.3, -0.25) is 4.79 Å². The molecule has 2 rings (SSSR count). The van der Waals surface area contributed by atoms with Gasteiger partial charge >= 0.3 is 0 Å². The molecule has 1 saturated carbocycles. The highest BCUT2D eigenvalue weighted by molar-refractivity contribution is 5.85. The van der Waals surface area contributed by atoms with Gasteiger partial charge < -0.3 is 15.4 Å². The monoisotopic (exact) mass is 262 g/mol. The molecule has 0 aromatic rings. The molecule has 5 heteroatoms. The van der Waals surface area contributed by atoms with Crippen LogP contribution in [0.1, 0.15) is 32.1 Å². The molecule has 0 aromatic carbocycles. The van der Waals surface area contributed by atoms with E-state index in [1.807, 2.05) is 7.05 Å². The van der Waals surface area contributed by atoms with E-state index in [2.05, 4.69) is 10.6 Å². The molecule has 1 amide bonds. The van der Waals surface area contributed by atoms with Gasteiger partial charge in [-0.2, -0.15) is 0 Å². The van der Waals surface area contributed by atoms with Crippen LogP contribution in [0.15, 0.2) is 0 Å². The van der Waals surface area contributed by atoms with Gasteiger partial charge in [-0.05, 0) is 32.7 Å². The Bertz CT molecular complexity index is 251. The predicted octanol–water partition coefficient (Wildman–Crippen LogP) is 1.09. The number of amides is 1. The van der Waals surface area contributed by atoms with Crippen molar-refractivity contribution in [3.05, 3.63) is 0 Å². The van der Waals surface area contributed by atoms with Gasteiger partial charge in [0, 0.05) is 31.5 Å². The van der Waals surface area contributed by atoms with E-state index >= 15 is 0 Å². The van der Waals surface area contributed by atoms with E-state index in [9.17, 15) is 4.79 Å². The second-order valence-electron chi connectivity index (χ2n) is 4.82. The molecular formula is C12H23ClN2O2. The summed E-state index contributed by atoms with van der Waals surface area (Å²) in [6, 6.07) is 0.352. The zero-order valence-corrected chi connectivity index (χ0v) is 11.2. The minimum atomic E-state index is 0. The van der Waals surface area contributed by atoms with Crippen molar-refractivity contribution >= 4 is 18.3 Å². The molecule has 2 aliphatic rings. The molecule has 3 atom stereocenters. The molecule has 17 heavy (non-hydrogen) atoms. The maximum Gasteiger partial charge on any atom is 0.221 e. The quantitative estimate of drug-likeness (QED) is 0.798. The maximum atomic E-state index is 11.7. The highest BCUT2D eigenvalue weighted by Gasteiger charge is 2.37. The Labute approximate surface area is 109 Å². The predicted molar refractivity (Wildman–Crippen MR) is 69.4 cm³/mol. The number of nitrogens with one attached hydrogen (secondary N) is 2. The molecule has 0 bridgehead atoms. The number of carbonyl (C=O) groups excluding carboxylic acids is 1. The van der Waals surface area contributed by atoms with Crippen LogP contribution in [0, 0.1) is 5.92 Å². The molecule has 2 N–H and O–H groups in total. The van der Waals surface area contributed by atoms with Crippen LogP contribution in [-0.4, -0.2) is 38.3 Å². The van der Waals surface area contributed by atoms with Crippen LogP contribution in [0.2, 0.25) is 0 Å². The first-order valence-electron chi connectivity index (χ1n) is 6.37. The van der Waals surface area contributed by atoms with E-state index in [-0.39, 0.29) is 18.3 Å². The van der Waals surface area contributed by atoms with Gasteiger partial charge in [-0.1, -0.05) is 0 Å². The summed E-state index contributed by atoms with van der Waals surface area (Å²) in [6.07, 6.45) is 5.57. The highest BCUT2D eigenvalue weighted by Crippen LogP contribution is 2.34. The summed E-state index contributed by atoms with van der Waals surface area (Å²) in [5.74, 6) is 0.735. The van der Waals surface area contributed by atoms with E-state index in [4.69, 9.17) is 4.74 Å². The number of ether oxygens (including phenoxy) is 1. The van der Waals surface area contributed by atoms with Crippen LogP contribution in [-0.2, 0) is 9.53 Å². The van der Waals surface area contributed by atoms with Gasteiger partial charge in [0.2, 0.25) is 5.91 Å². The van der Waals surface area contributed by atoms with Crippen LogP contribution in [0.25, 0.3) is 0 Å². The fourth-order valence-electron chi connectivity index (χ4n) is 2.87. The van der Waals surface area contributed by atoms with E-state index in [1.54, 1.807) is 0 Å². The lowest BCUT2D eigenvalue weighted by atomic mass is 9.82. The summed E-state index contributed by atoms with van der Waals surface area (Å²) in [7, 11) is 1.87. The molecule has 0 radical (unpaired) electrons. The van der Waals surface area contributed by atoms with Crippen molar-refractivity contribution in [1.82, 2.24) is 10.6 Å². The number of rotatable bonds is 4. The van der Waals surface area contributed by atoms with Crippen molar-refractivity contribution in [2.45, 2.75) is 44.2 Å². The lowest BCUT2D eigenvalue weighted by Gasteiger charge is -2.33. The summed E-state index contributed by atoms with van der Waals surface area (Å²) in [6.45, 7) is 1.63. The SMILES string of the molecule is CNCCC(=O)NC1CCCC2OCCC12.Cl. The van der Waals surface area contributed by atoms with Crippen LogP contribution in [0.4, 0.5) is 0 Å². The number of hydrogen-bond acceptors (Lipinski definition) is 3. The molecule has 1 aliphatic carbocycles. The zero-order chi connectivity index (χ0) is 11.4. The van der Waals surface area contributed by atoms with Crippen LogP contribution in [0.3, 0.4) is 0 Å². The van der Waals surface area contributed by atoms with Crippen molar-refractivity contribution in [1.29, 1.82) is 0 Å². The van der Waals surface area contributed by atoms with Crippen molar-refractivity contribution in [2.75, 3.05) is 20.2 Å². The van der Waals surface area contributed by atoms with E-state index in [1.165, 1.54) is 12.8 Å². The largest absolute Gasteiger partial charge is 0.378 e. The minimum absolute atomic E-state index is 0. The second-order valence-corrected chi connectivity index (χ2v) is 4.82. The molecule has 4 nitrogen and oxygen atoms in total. The number of halogens is 1. The van der Waals surface area contributed by atoms with E-state index in [0.29, 0.717) is 24.5 Å². The zero-order valence-electron chi connectivity index (χ0n) is 10.4. The van der Waals surface area contributed by atoms with Gasteiger partial charge in [0.1, 0.15) is 0 Å². The van der Waals surface area contributed by atoms with E-state index in [0.717, 1.165) is 26.0 Å². The Morgan fingerprint density at radius 3 is 2.94 bits per heavy atom. The molecule has 0 aromatic heterocycles. The molecule has 1 saturated heterocycles. The molecular weight excluding hydrogens is 240 g/mol. The number of fused-ring (bicyclic) bond motifs is 1. The average molecular weight is 263 g/mol. The Balaban J connectivity index is 0.00000144. The number of carbonyl (C=O) groups is 1. The standard InChI is InChI=1S/C12H22N2O2.ClH/c1-13-7-5-12(15)14-10-3-2-4-11-9(10)6-8-16-11;/h9-11,13H,2-8H2,1H3,(H,14,15);1H. The lowest BCUT2D eigenvalue weighted by Crippen LogP contribution is -2.46. The topological polar surface area (TPSA) is 50.4 Å². The molecule has 100 valence electrons. The molecule has 1 heterocycles. The third-order valence-corrected chi connectivity index (χ3v) is 3.73. The van der Waals surface area contributed by atoms with Crippen molar-refractivity contribution in [3.8, 4) is 0 Å². The summed E-state index contributed by atoms with van der Waals surface area (Å²) < 4.78 is 5.69. The van der Waals surface area contributed by atoms with Crippen LogP contribution < -0.4 is 10.6 Å². The Hall–Kier alpha value is -0.320. The van der Waals surface area contributed by atoms with Crippen LogP contribution in [0.5, 0.6) is 0 Å².